The van der Waals surface area contributed by atoms with Crippen molar-refractivity contribution in [2.24, 2.45) is 0 Å². The third-order valence-electron chi connectivity index (χ3n) is 3.04. The maximum atomic E-state index is 5.82. The first-order valence-corrected chi connectivity index (χ1v) is 8.14. The van der Waals surface area contributed by atoms with Crippen molar-refractivity contribution in [1.29, 1.82) is 0 Å². The Morgan fingerprint density at radius 1 is 1.47 bits per heavy atom. The molecular weight excluding hydrogens is 322 g/mol. The molecule has 2 rings (SSSR count). The normalized spacial score (nSPS) is 24.6. The minimum absolute atomic E-state index is 0.284. The molecule has 0 aliphatic heterocycles. The van der Waals surface area contributed by atoms with Gasteiger partial charge in [0, 0.05) is 17.5 Å². The summed E-state index contributed by atoms with van der Waals surface area (Å²) in [6.45, 7) is 0. The summed E-state index contributed by atoms with van der Waals surface area (Å²) in [7, 11) is 0. The summed E-state index contributed by atoms with van der Waals surface area (Å²) in [5, 5.41) is 4.43. The summed E-state index contributed by atoms with van der Waals surface area (Å²) < 4.78 is 0.868. The Morgan fingerprint density at radius 2 is 2.24 bits per heavy atom. The van der Waals surface area contributed by atoms with Crippen LogP contribution in [0, 0.1) is 0 Å². The molecule has 0 spiro atoms. The number of nitrogens with one attached hydrogen (secondary N) is 1. The van der Waals surface area contributed by atoms with Crippen LogP contribution in [0.2, 0.25) is 5.28 Å². The van der Waals surface area contributed by atoms with E-state index in [4.69, 9.17) is 11.6 Å². The number of rotatable bonds is 3. The van der Waals surface area contributed by atoms with Gasteiger partial charge in [0.2, 0.25) is 5.28 Å². The van der Waals surface area contributed by atoms with Crippen LogP contribution < -0.4 is 5.32 Å². The zero-order valence-electron chi connectivity index (χ0n) is 9.62. The lowest BCUT2D eigenvalue weighted by Gasteiger charge is -2.31. The summed E-state index contributed by atoms with van der Waals surface area (Å²) in [6, 6.07) is 0.473. The molecule has 1 fully saturated rings. The number of halogens is 2. The van der Waals surface area contributed by atoms with Gasteiger partial charge < -0.3 is 5.32 Å². The van der Waals surface area contributed by atoms with E-state index in [2.05, 4.69) is 37.5 Å². The van der Waals surface area contributed by atoms with Crippen molar-refractivity contribution in [3.63, 3.8) is 0 Å². The average Bonchev–Trinajstić information content (AvgIpc) is 2.34. The molecule has 6 heteroatoms. The average molecular weight is 337 g/mol. The van der Waals surface area contributed by atoms with Crippen molar-refractivity contribution < 1.29 is 0 Å². The second-order valence-corrected chi connectivity index (χ2v) is 6.41. The molecule has 1 aliphatic rings. The van der Waals surface area contributed by atoms with Crippen LogP contribution in [0.4, 0.5) is 5.82 Å². The van der Waals surface area contributed by atoms with Gasteiger partial charge in [-0.05, 0) is 46.6 Å². The third-order valence-corrected chi connectivity index (χ3v) is 4.97. The van der Waals surface area contributed by atoms with Gasteiger partial charge in [-0.1, -0.05) is 12.8 Å². The van der Waals surface area contributed by atoms with Gasteiger partial charge in [0.15, 0.2) is 0 Å². The van der Waals surface area contributed by atoms with Gasteiger partial charge >= 0.3 is 0 Å². The van der Waals surface area contributed by atoms with E-state index in [1.165, 1.54) is 25.7 Å². The van der Waals surface area contributed by atoms with Crippen molar-refractivity contribution in [1.82, 2.24) is 9.97 Å². The molecule has 1 aromatic rings. The lowest BCUT2D eigenvalue weighted by atomic mass is 9.95. The van der Waals surface area contributed by atoms with E-state index in [9.17, 15) is 0 Å². The molecule has 0 radical (unpaired) electrons. The van der Waals surface area contributed by atoms with Crippen LogP contribution in [0.1, 0.15) is 25.7 Å². The molecule has 1 saturated carbocycles. The number of aromatic nitrogens is 2. The van der Waals surface area contributed by atoms with E-state index < -0.39 is 0 Å². The first-order valence-electron chi connectivity index (χ1n) is 5.68. The summed E-state index contributed by atoms with van der Waals surface area (Å²) in [5.74, 6) is 0.802. The number of hydrogen-bond donors (Lipinski definition) is 1. The van der Waals surface area contributed by atoms with Crippen LogP contribution in [0.5, 0.6) is 0 Å². The van der Waals surface area contributed by atoms with E-state index in [1.54, 1.807) is 6.20 Å². The Kier molecular flexibility index (Phi) is 4.94. The highest BCUT2D eigenvalue weighted by molar-refractivity contribution is 9.10. The first kappa shape index (κ1) is 13.4. The smallest absolute Gasteiger partial charge is 0.224 e. The molecule has 1 aromatic heterocycles. The Hall–Kier alpha value is -0.000000000000000111. The molecule has 1 N–H and O–H groups in total. The van der Waals surface area contributed by atoms with Gasteiger partial charge in [-0.25, -0.2) is 4.98 Å². The molecule has 17 heavy (non-hydrogen) atoms. The van der Waals surface area contributed by atoms with E-state index in [-0.39, 0.29) is 5.28 Å². The van der Waals surface area contributed by atoms with E-state index >= 15 is 0 Å². The van der Waals surface area contributed by atoms with Gasteiger partial charge in [-0.2, -0.15) is 16.7 Å². The van der Waals surface area contributed by atoms with E-state index in [0.717, 1.165) is 10.3 Å². The van der Waals surface area contributed by atoms with Crippen molar-refractivity contribution in [3.8, 4) is 0 Å². The molecule has 0 amide bonds. The second kappa shape index (κ2) is 6.25. The zero-order valence-corrected chi connectivity index (χ0v) is 12.8. The zero-order chi connectivity index (χ0) is 12.3. The molecule has 2 atom stereocenters. The molecular formula is C11H15BrClN3S. The highest BCUT2D eigenvalue weighted by Crippen LogP contribution is 2.31. The summed E-state index contributed by atoms with van der Waals surface area (Å²) >= 11 is 11.2. The predicted octanol–water partition coefficient (Wildman–Crippen LogP) is 3.98. The maximum absolute atomic E-state index is 5.82. The number of hydrogen-bond acceptors (Lipinski definition) is 4. The van der Waals surface area contributed by atoms with Crippen molar-refractivity contribution in [2.75, 3.05) is 11.6 Å². The molecule has 3 nitrogen and oxygen atoms in total. The van der Waals surface area contributed by atoms with Crippen LogP contribution in [0.3, 0.4) is 0 Å². The topological polar surface area (TPSA) is 37.8 Å². The van der Waals surface area contributed by atoms with Crippen LogP contribution >= 0.6 is 39.3 Å². The molecule has 2 unspecified atom stereocenters. The second-order valence-electron chi connectivity index (χ2n) is 4.15. The van der Waals surface area contributed by atoms with Gasteiger partial charge in [-0.15, -0.1) is 0 Å². The van der Waals surface area contributed by atoms with Crippen LogP contribution in [-0.2, 0) is 0 Å². The van der Waals surface area contributed by atoms with Gasteiger partial charge in [0.05, 0.1) is 4.47 Å². The quantitative estimate of drug-likeness (QED) is 0.847. The first-order chi connectivity index (χ1) is 8.20. The molecule has 0 aromatic carbocycles. The Morgan fingerprint density at radius 3 is 3.00 bits per heavy atom. The van der Waals surface area contributed by atoms with Gasteiger partial charge in [0.1, 0.15) is 5.82 Å². The number of thioether (sulfide) groups is 1. The molecule has 0 saturated heterocycles. The summed E-state index contributed by atoms with van der Waals surface area (Å²) in [4.78, 5) is 8.16. The Balaban J connectivity index is 2.10. The fourth-order valence-electron chi connectivity index (χ4n) is 2.17. The predicted molar refractivity (Wildman–Crippen MR) is 77.9 cm³/mol. The Labute approximate surface area is 119 Å². The SMILES string of the molecule is CSC1CCCCC1Nc1nc(Cl)ncc1Br. The van der Waals surface area contributed by atoms with Crippen molar-refractivity contribution in [3.05, 3.63) is 16.0 Å². The molecule has 1 heterocycles. The highest BCUT2D eigenvalue weighted by Gasteiger charge is 2.25. The standard InChI is InChI=1S/C11H15BrClN3S/c1-17-9-5-3-2-4-8(9)15-10-7(12)6-14-11(13)16-10/h6,8-9H,2-5H2,1H3,(H,14,15,16). The minimum atomic E-state index is 0.284. The number of anilines is 1. The summed E-state index contributed by atoms with van der Waals surface area (Å²) in [6.07, 6.45) is 8.94. The summed E-state index contributed by atoms with van der Waals surface area (Å²) in [5.41, 5.74) is 0. The third kappa shape index (κ3) is 3.48. The van der Waals surface area contributed by atoms with Gasteiger partial charge in [0.25, 0.3) is 0 Å². The molecule has 1 aliphatic carbocycles. The number of nitrogens with zero attached hydrogens (tertiary/aromatic N) is 2. The van der Waals surface area contributed by atoms with E-state index in [1.807, 2.05) is 11.8 Å². The largest absolute Gasteiger partial charge is 0.365 e. The van der Waals surface area contributed by atoms with Crippen LogP contribution in [0.25, 0.3) is 0 Å². The van der Waals surface area contributed by atoms with Crippen LogP contribution in [0.15, 0.2) is 10.7 Å². The van der Waals surface area contributed by atoms with Crippen LogP contribution in [-0.4, -0.2) is 27.5 Å². The lowest BCUT2D eigenvalue weighted by Crippen LogP contribution is -2.34. The van der Waals surface area contributed by atoms with E-state index in [0.29, 0.717) is 11.3 Å². The Bertz CT molecular complexity index is 391. The van der Waals surface area contributed by atoms with Crippen molar-refractivity contribution >= 4 is 45.1 Å². The highest BCUT2D eigenvalue weighted by atomic mass is 79.9. The maximum Gasteiger partial charge on any atom is 0.224 e. The minimum Gasteiger partial charge on any atom is -0.365 e. The van der Waals surface area contributed by atoms with Crippen molar-refractivity contribution in [2.45, 2.75) is 37.0 Å². The lowest BCUT2D eigenvalue weighted by molar-refractivity contribution is 0.474. The fraction of sp³-hybridized carbons (Fsp3) is 0.636. The molecule has 94 valence electrons. The monoisotopic (exact) mass is 335 g/mol. The molecule has 0 bridgehead atoms. The van der Waals surface area contributed by atoms with Gasteiger partial charge in [-0.3, -0.25) is 0 Å². The fourth-order valence-corrected chi connectivity index (χ4v) is 3.54.